The van der Waals surface area contributed by atoms with E-state index in [-0.39, 0.29) is 5.91 Å². The quantitative estimate of drug-likeness (QED) is 0.908. The number of amides is 1. The average Bonchev–Trinajstić information content (AvgIpc) is 2.91. The van der Waals surface area contributed by atoms with Crippen molar-refractivity contribution >= 4 is 17.5 Å². The number of aromatic nitrogens is 2. The number of hydrogen-bond acceptors (Lipinski definition) is 4. The molecule has 0 saturated heterocycles. The fraction of sp³-hybridized carbons (Fsp3) is 0.333. The van der Waals surface area contributed by atoms with Crippen LogP contribution < -0.4 is 15.4 Å². The van der Waals surface area contributed by atoms with Crippen molar-refractivity contribution in [1.29, 1.82) is 0 Å². The maximum atomic E-state index is 12.3. The molecular weight excluding hydrogens is 268 g/mol. The van der Waals surface area contributed by atoms with Crippen LogP contribution in [0.1, 0.15) is 22.5 Å². The third kappa shape index (κ3) is 2.69. The average molecular weight is 286 g/mol. The molecule has 0 fully saturated rings. The van der Waals surface area contributed by atoms with Gasteiger partial charge in [0.25, 0.3) is 5.91 Å². The van der Waals surface area contributed by atoms with Gasteiger partial charge in [0.2, 0.25) is 5.95 Å². The van der Waals surface area contributed by atoms with Crippen molar-refractivity contribution in [2.75, 3.05) is 24.3 Å². The predicted octanol–water partition coefficient (Wildman–Crippen LogP) is 2.27. The molecule has 1 aliphatic heterocycles. The molecule has 1 aromatic carbocycles. The van der Waals surface area contributed by atoms with Gasteiger partial charge in [-0.05, 0) is 31.0 Å². The zero-order chi connectivity index (χ0) is 14.8. The number of benzene rings is 1. The van der Waals surface area contributed by atoms with E-state index in [2.05, 4.69) is 15.6 Å². The van der Waals surface area contributed by atoms with Crippen LogP contribution in [0.15, 0.2) is 24.4 Å². The minimum absolute atomic E-state index is 0.234. The largest absolute Gasteiger partial charge is 0.495 e. The topological polar surface area (TPSA) is 68.2 Å². The van der Waals surface area contributed by atoms with Crippen LogP contribution in [-0.2, 0) is 6.54 Å². The third-order valence-corrected chi connectivity index (χ3v) is 3.47. The van der Waals surface area contributed by atoms with Crippen LogP contribution in [0.2, 0.25) is 0 Å². The van der Waals surface area contributed by atoms with E-state index in [0.717, 1.165) is 31.0 Å². The maximum Gasteiger partial charge on any atom is 0.276 e. The number of fused-ring (bicyclic) bond motifs is 1. The van der Waals surface area contributed by atoms with E-state index in [9.17, 15) is 4.79 Å². The van der Waals surface area contributed by atoms with Crippen molar-refractivity contribution in [3.63, 3.8) is 0 Å². The fourth-order valence-corrected chi connectivity index (χ4v) is 2.39. The van der Waals surface area contributed by atoms with Gasteiger partial charge in [0.05, 0.1) is 12.8 Å². The Kier molecular flexibility index (Phi) is 3.51. The van der Waals surface area contributed by atoms with Crippen LogP contribution in [0.4, 0.5) is 11.6 Å². The highest BCUT2D eigenvalue weighted by Crippen LogP contribution is 2.26. The second-order valence-corrected chi connectivity index (χ2v) is 5.08. The number of anilines is 2. The molecule has 6 heteroatoms. The number of nitrogens with zero attached hydrogens (tertiary/aromatic N) is 2. The highest BCUT2D eigenvalue weighted by Gasteiger charge is 2.17. The Hall–Kier alpha value is -2.50. The second-order valence-electron chi connectivity index (χ2n) is 5.08. The molecule has 0 spiro atoms. The molecule has 0 aliphatic carbocycles. The Labute approximate surface area is 123 Å². The Morgan fingerprint density at radius 1 is 1.48 bits per heavy atom. The van der Waals surface area contributed by atoms with E-state index in [1.807, 2.05) is 29.7 Å². The van der Waals surface area contributed by atoms with Gasteiger partial charge >= 0.3 is 0 Å². The minimum Gasteiger partial charge on any atom is -0.495 e. The normalized spacial score (nSPS) is 13.2. The number of ether oxygens (including phenoxy) is 1. The van der Waals surface area contributed by atoms with E-state index >= 15 is 0 Å². The number of carbonyl (C=O) groups excluding carboxylic acids is 1. The molecule has 21 heavy (non-hydrogen) atoms. The second kappa shape index (κ2) is 5.47. The molecule has 0 saturated carbocycles. The number of rotatable bonds is 3. The molecule has 6 nitrogen and oxygen atoms in total. The number of methoxy groups -OCH3 is 1. The van der Waals surface area contributed by atoms with E-state index in [0.29, 0.717) is 17.1 Å². The van der Waals surface area contributed by atoms with Crippen molar-refractivity contribution in [3.8, 4) is 5.75 Å². The summed E-state index contributed by atoms with van der Waals surface area (Å²) in [5.41, 5.74) is 2.11. The van der Waals surface area contributed by atoms with E-state index in [1.54, 1.807) is 13.3 Å². The molecule has 0 atom stereocenters. The van der Waals surface area contributed by atoms with Gasteiger partial charge in [-0.15, -0.1) is 0 Å². The summed E-state index contributed by atoms with van der Waals surface area (Å²) in [6.07, 6.45) is 2.81. The number of aryl methyl sites for hydroxylation is 2. The lowest BCUT2D eigenvalue weighted by Crippen LogP contribution is -2.16. The Morgan fingerprint density at radius 2 is 2.33 bits per heavy atom. The maximum absolute atomic E-state index is 12.3. The number of carbonyl (C=O) groups is 1. The molecule has 1 amide bonds. The highest BCUT2D eigenvalue weighted by molar-refractivity contribution is 6.04. The molecule has 0 bridgehead atoms. The van der Waals surface area contributed by atoms with Crippen LogP contribution >= 0.6 is 0 Å². The summed E-state index contributed by atoms with van der Waals surface area (Å²) in [6.45, 7) is 3.74. The van der Waals surface area contributed by atoms with Crippen molar-refractivity contribution < 1.29 is 9.53 Å². The smallest absolute Gasteiger partial charge is 0.276 e. The van der Waals surface area contributed by atoms with E-state index < -0.39 is 0 Å². The summed E-state index contributed by atoms with van der Waals surface area (Å²) < 4.78 is 7.23. The standard InChI is InChI=1S/C15H18N4O2/c1-10-4-5-13(21-2)11(8-10)17-14(20)12-9-19-7-3-6-16-15(19)18-12/h4-5,8-9H,3,6-7H2,1-2H3,(H,16,18)(H,17,20). The zero-order valence-corrected chi connectivity index (χ0v) is 12.1. The zero-order valence-electron chi connectivity index (χ0n) is 12.1. The van der Waals surface area contributed by atoms with Crippen molar-refractivity contribution in [1.82, 2.24) is 9.55 Å². The third-order valence-electron chi connectivity index (χ3n) is 3.47. The van der Waals surface area contributed by atoms with Crippen LogP contribution in [0.3, 0.4) is 0 Å². The summed E-state index contributed by atoms with van der Waals surface area (Å²) in [5.74, 6) is 1.15. The Morgan fingerprint density at radius 3 is 3.10 bits per heavy atom. The first-order valence-electron chi connectivity index (χ1n) is 6.94. The molecule has 2 N–H and O–H groups in total. The molecule has 110 valence electrons. The van der Waals surface area contributed by atoms with Gasteiger partial charge in [-0.3, -0.25) is 4.79 Å². The fourth-order valence-electron chi connectivity index (χ4n) is 2.39. The van der Waals surface area contributed by atoms with Crippen molar-refractivity contribution in [2.45, 2.75) is 19.9 Å². The van der Waals surface area contributed by atoms with Crippen LogP contribution in [-0.4, -0.2) is 29.1 Å². The van der Waals surface area contributed by atoms with Crippen LogP contribution in [0, 0.1) is 6.92 Å². The van der Waals surface area contributed by atoms with Crippen LogP contribution in [0.25, 0.3) is 0 Å². The molecule has 1 aliphatic rings. The van der Waals surface area contributed by atoms with Gasteiger partial charge in [-0.2, -0.15) is 0 Å². The van der Waals surface area contributed by atoms with Gasteiger partial charge in [0.1, 0.15) is 11.4 Å². The monoisotopic (exact) mass is 286 g/mol. The summed E-state index contributed by atoms with van der Waals surface area (Å²) in [6, 6.07) is 5.66. The van der Waals surface area contributed by atoms with Gasteiger partial charge < -0.3 is 19.9 Å². The number of nitrogens with one attached hydrogen (secondary N) is 2. The molecule has 2 heterocycles. The summed E-state index contributed by atoms with van der Waals surface area (Å²) in [4.78, 5) is 16.7. The van der Waals surface area contributed by atoms with Crippen molar-refractivity contribution in [3.05, 3.63) is 35.7 Å². The molecule has 1 aromatic heterocycles. The first kappa shape index (κ1) is 13.5. The highest BCUT2D eigenvalue weighted by atomic mass is 16.5. The molecule has 0 unspecified atom stereocenters. The minimum atomic E-state index is -0.234. The Balaban J connectivity index is 1.83. The molecule has 2 aromatic rings. The van der Waals surface area contributed by atoms with Gasteiger partial charge in [0.15, 0.2) is 0 Å². The van der Waals surface area contributed by atoms with Gasteiger partial charge in [-0.25, -0.2) is 4.98 Å². The molecule has 3 rings (SSSR count). The number of hydrogen-bond donors (Lipinski definition) is 2. The lowest BCUT2D eigenvalue weighted by atomic mass is 10.2. The van der Waals surface area contributed by atoms with Gasteiger partial charge in [0, 0.05) is 19.3 Å². The van der Waals surface area contributed by atoms with E-state index in [4.69, 9.17) is 4.74 Å². The SMILES string of the molecule is COc1ccc(C)cc1NC(=O)c1cn2c(n1)NCCC2. The summed E-state index contributed by atoms with van der Waals surface area (Å²) >= 11 is 0. The first-order chi connectivity index (χ1) is 10.2. The molecular formula is C15H18N4O2. The summed E-state index contributed by atoms with van der Waals surface area (Å²) in [7, 11) is 1.58. The predicted molar refractivity (Wildman–Crippen MR) is 81.0 cm³/mol. The van der Waals surface area contributed by atoms with Gasteiger partial charge in [-0.1, -0.05) is 6.07 Å². The van der Waals surface area contributed by atoms with E-state index in [1.165, 1.54) is 0 Å². The van der Waals surface area contributed by atoms with Crippen LogP contribution in [0.5, 0.6) is 5.75 Å². The molecule has 0 radical (unpaired) electrons. The lowest BCUT2D eigenvalue weighted by Gasteiger charge is -2.14. The summed E-state index contributed by atoms with van der Waals surface area (Å²) in [5, 5.41) is 6.04. The lowest BCUT2D eigenvalue weighted by molar-refractivity contribution is 0.102. The van der Waals surface area contributed by atoms with Crippen molar-refractivity contribution in [2.24, 2.45) is 0 Å². The first-order valence-corrected chi connectivity index (χ1v) is 6.94. The number of imidazole rings is 1. The Bertz CT molecular complexity index is 655.